The van der Waals surface area contributed by atoms with Crippen molar-refractivity contribution in [3.05, 3.63) is 63.0 Å². The summed E-state index contributed by atoms with van der Waals surface area (Å²) in [6.45, 7) is 3.91. The fraction of sp³-hybridized carbons (Fsp3) is 0.238. The van der Waals surface area contributed by atoms with E-state index in [2.05, 4.69) is 5.32 Å². The van der Waals surface area contributed by atoms with E-state index in [0.29, 0.717) is 34.0 Å². The number of hydrogen-bond donors (Lipinski definition) is 1. The minimum Gasteiger partial charge on any atom is -0.479 e. The van der Waals surface area contributed by atoms with Crippen LogP contribution in [0.2, 0.25) is 5.02 Å². The molecule has 1 N–H and O–H groups in total. The number of amides is 1. The zero-order valence-electron chi connectivity index (χ0n) is 15.8. The first-order valence-electron chi connectivity index (χ1n) is 8.97. The molecule has 8 heteroatoms. The summed E-state index contributed by atoms with van der Waals surface area (Å²) in [6, 6.07) is 10.0. The number of rotatable bonds is 5. The lowest BCUT2D eigenvalue weighted by molar-refractivity contribution is -0.127. The maximum absolute atomic E-state index is 12.4. The third kappa shape index (κ3) is 4.00. The summed E-state index contributed by atoms with van der Waals surface area (Å²) >= 11 is 6.29. The molecule has 1 unspecified atom stereocenters. The highest BCUT2D eigenvalue weighted by atomic mass is 35.5. The molecule has 7 nitrogen and oxygen atoms in total. The van der Waals surface area contributed by atoms with Crippen LogP contribution >= 0.6 is 11.6 Å². The highest BCUT2D eigenvalue weighted by molar-refractivity contribution is 6.32. The number of hydrogen-bond acceptors (Lipinski definition) is 6. The highest BCUT2D eigenvalue weighted by Crippen LogP contribution is 2.33. The van der Waals surface area contributed by atoms with Crippen LogP contribution in [0, 0.1) is 6.92 Å². The van der Waals surface area contributed by atoms with Gasteiger partial charge in [0.1, 0.15) is 11.3 Å². The summed E-state index contributed by atoms with van der Waals surface area (Å²) in [6.07, 6.45) is -0.810. The van der Waals surface area contributed by atoms with Gasteiger partial charge >= 0.3 is 5.63 Å². The van der Waals surface area contributed by atoms with Crippen molar-refractivity contribution in [2.75, 3.05) is 6.79 Å². The summed E-state index contributed by atoms with van der Waals surface area (Å²) in [5.41, 5.74) is 1.51. The fourth-order valence-corrected chi connectivity index (χ4v) is 3.25. The summed E-state index contributed by atoms with van der Waals surface area (Å²) in [5, 5.41) is 3.84. The Morgan fingerprint density at radius 1 is 1.21 bits per heavy atom. The quantitative estimate of drug-likeness (QED) is 0.641. The number of carbonyl (C=O) groups is 1. The van der Waals surface area contributed by atoms with Crippen LogP contribution in [0.15, 0.2) is 45.6 Å². The molecular formula is C21H18ClNO6. The maximum Gasteiger partial charge on any atom is 0.336 e. The van der Waals surface area contributed by atoms with Crippen molar-refractivity contribution in [2.24, 2.45) is 0 Å². The van der Waals surface area contributed by atoms with Crippen molar-refractivity contribution in [3.63, 3.8) is 0 Å². The van der Waals surface area contributed by atoms with Gasteiger partial charge in [-0.25, -0.2) is 4.79 Å². The van der Waals surface area contributed by atoms with Gasteiger partial charge in [0.25, 0.3) is 5.91 Å². The molecule has 0 radical (unpaired) electrons. The van der Waals surface area contributed by atoms with Crippen molar-refractivity contribution < 1.29 is 23.4 Å². The van der Waals surface area contributed by atoms with Crippen molar-refractivity contribution in [3.8, 4) is 17.2 Å². The predicted molar refractivity (Wildman–Crippen MR) is 107 cm³/mol. The molecule has 0 saturated carbocycles. The summed E-state index contributed by atoms with van der Waals surface area (Å²) in [5.74, 6) is 1.29. The van der Waals surface area contributed by atoms with E-state index < -0.39 is 11.7 Å². The Hall–Kier alpha value is -3.19. The maximum atomic E-state index is 12.4. The first-order chi connectivity index (χ1) is 13.9. The van der Waals surface area contributed by atoms with Gasteiger partial charge in [0, 0.05) is 24.1 Å². The van der Waals surface area contributed by atoms with Crippen molar-refractivity contribution >= 4 is 28.5 Å². The van der Waals surface area contributed by atoms with E-state index in [9.17, 15) is 9.59 Å². The Morgan fingerprint density at radius 2 is 2.00 bits per heavy atom. The van der Waals surface area contributed by atoms with Crippen LogP contribution in [0.1, 0.15) is 18.1 Å². The van der Waals surface area contributed by atoms with Gasteiger partial charge in [-0.3, -0.25) is 4.79 Å². The Labute approximate surface area is 171 Å². The second-order valence-corrected chi connectivity index (χ2v) is 7.10. The topological polar surface area (TPSA) is 87.0 Å². The van der Waals surface area contributed by atoms with Crippen molar-refractivity contribution in [1.82, 2.24) is 5.32 Å². The molecule has 2 aromatic carbocycles. The van der Waals surface area contributed by atoms with Gasteiger partial charge in [0.05, 0.1) is 5.02 Å². The third-order valence-electron chi connectivity index (χ3n) is 4.58. The minimum atomic E-state index is -0.810. The number of carbonyl (C=O) groups excluding carboxylic acids is 1. The number of ether oxygens (including phenoxy) is 3. The lowest BCUT2D eigenvalue weighted by atomic mass is 10.1. The van der Waals surface area contributed by atoms with E-state index in [-0.39, 0.29) is 18.4 Å². The first-order valence-corrected chi connectivity index (χ1v) is 9.35. The molecule has 0 spiro atoms. The molecule has 4 rings (SSSR count). The van der Waals surface area contributed by atoms with E-state index in [1.54, 1.807) is 26.0 Å². The molecule has 1 aromatic heterocycles. The van der Waals surface area contributed by atoms with Gasteiger partial charge in [0.2, 0.25) is 6.79 Å². The van der Waals surface area contributed by atoms with Crippen molar-refractivity contribution in [1.29, 1.82) is 0 Å². The molecule has 150 valence electrons. The zero-order chi connectivity index (χ0) is 20.5. The van der Waals surface area contributed by atoms with Gasteiger partial charge in [0.15, 0.2) is 17.6 Å². The molecule has 2 heterocycles. The molecule has 29 heavy (non-hydrogen) atoms. The summed E-state index contributed by atoms with van der Waals surface area (Å²) in [4.78, 5) is 24.0. The first kappa shape index (κ1) is 19.1. The molecule has 0 saturated heterocycles. The standard InChI is InChI=1S/C21H18ClNO6/c1-11-5-20(24)29-17-8-18(15(22)7-14(11)17)28-12(2)21(25)23-9-13-3-4-16-19(6-13)27-10-26-16/h3-8,12H,9-10H2,1-2H3,(H,23,25). The van der Waals surface area contributed by atoms with E-state index in [4.69, 9.17) is 30.2 Å². The molecule has 1 aliphatic heterocycles. The number of aryl methyl sites for hydroxylation is 1. The highest BCUT2D eigenvalue weighted by Gasteiger charge is 2.18. The molecule has 0 aliphatic carbocycles. The van der Waals surface area contributed by atoms with E-state index in [1.807, 2.05) is 12.1 Å². The monoisotopic (exact) mass is 415 g/mol. The van der Waals surface area contributed by atoms with Gasteiger partial charge < -0.3 is 23.9 Å². The van der Waals surface area contributed by atoms with Gasteiger partial charge in [-0.1, -0.05) is 17.7 Å². The molecule has 1 amide bonds. The van der Waals surface area contributed by atoms with Crippen LogP contribution in [0.25, 0.3) is 11.0 Å². The number of halogens is 1. The average Bonchev–Trinajstić information content (AvgIpc) is 3.15. The Kier molecular flexibility index (Phi) is 5.07. The molecule has 0 bridgehead atoms. The number of nitrogens with one attached hydrogen (secondary N) is 1. The Morgan fingerprint density at radius 3 is 2.83 bits per heavy atom. The Bertz CT molecular complexity index is 1160. The third-order valence-corrected chi connectivity index (χ3v) is 4.88. The lowest BCUT2D eigenvalue weighted by Gasteiger charge is -2.16. The van der Waals surface area contributed by atoms with Crippen molar-refractivity contribution in [2.45, 2.75) is 26.5 Å². The smallest absolute Gasteiger partial charge is 0.336 e. The molecule has 3 aromatic rings. The number of fused-ring (bicyclic) bond motifs is 2. The molecule has 0 fully saturated rings. The van der Waals surface area contributed by atoms with Gasteiger partial charge in [-0.05, 0) is 43.2 Å². The van der Waals surface area contributed by atoms with Crippen LogP contribution in [-0.2, 0) is 11.3 Å². The minimum absolute atomic E-state index is 0.197. The van der Waals surface area contributed by atoms with Crippen LogP contribution in [-0.4, -0.2) is 18.8 Å². The van der Waals surface area contributed by atoms with Gasteiger partial charge in [-0.2, -0.15) is 0 Å². The largest absolute Gasteiger partial charge is 0.479 e. The lowest BCUT2D eigenvalue weighted by Crippen LogP contribution is -2.35. The SMILES string of the molecule is Cc1cc(=O)oc2cc(OC(C)C(=O)NCc3ccc4c(c3)OCO4)c(Cl)cc12. The molecular weight excluding hydrogens is 398 g/mol. The molecule has 1 atom stereocenters. The van der Waals surface area contributed by atoms with Crippen LogP contribution < -0.4 is 25.2 Å². The van der Waals surface area contributed by atoms with E-state index >= 15 is 0 Å². The second-order valence-electron chi connectivity index (χ2n) is 6.69. The fourth-order valence-electron chi connectivity index (χ4n) is 3.04. The van der Waals surface area contributed by atoms with Crippen LogP contribution in [0.4, 0.5) is 0 Å². The predicted octanol–water partition coefficient (Wildman–Crippen LogP) is 3.57. The average molecular weight is 416 g/mol. The van der Waals surface area contributed by atoms with E-state index in [0.717, 1.165) is 11.1 Å². The zero-order valence-corrected chi connectivity index (χ0v) is 16.5. The summed E-state index contributed by atoms with van der Waals surface area (Å²) < 4.78 is 21.5. The Balaban J connectivity index is 1.44. The van der Waals surface area contributed by atoms with Gasteiger partial charge in [-0.15, -0.1) is 0 Å². The summed E-state index contributed by atoms with van der Waals surface area (Å²) in [7, 11) is 0. The normalized spacial score (nSPS) is 13.3. The van der Waals surface area contributed by atoms with Crippen LogP contribution in [0.5, 0.6) is 17.2 Å². The van der Waals surface area contributed by atoms with E-state index in [1.165, 1.54) is 12.1 Å². The number of benzene rings is 2. The second kappa shape index (κ2) is 7.67. The van der Waals surface area contributed by atoms with Crippen LogP contribution in [0.3, 0.4) is 0 Å². The molecule has 1 aliphatic rings.